The van der Waals surface area contributed by atoms with Crippen LogP contribution < -0.4 is 26.4 Å². The number of imidazole rings is 1. The quantitative estimate of drug-likeness (QED) is 0.142. The van der Waals surface area contributed by atoms with E-state index in [9.17, 15) is 19.2 Å². The molecule has 272 valence electrons. The van der Waals surface area contributed by atoms with Crippen molar-refractivity contribution in [1.82, 2.24) is 29.7 Å². The Morgan fingerprint density at radius 2 is 1.80 bits per heavy atom. The second-order valence-corrected chi connectivity index (χ2v) is 13.6. The van der Waals surface area contributed by atoms with E-state index in [4.69, 9.17) is 9.72 Å². The van der Waals surface area contributed by atoms with Crippen LogP contribution in [0.3, 0.4) is 0 Å². The molecular formula is C42H39N7O5. The minimum absolute atomic E-state index is 0.0597. The summed E-state index contributed by atoms with van der Waals surface area (Å²) in [5.41, 5.74) is 7.75. The van der Waals surface area contributed by atoms with Crippen molar-refractivity contribution < 1.29 is 19.1 Å². The number of nitrogens with one attached hydrogen (secondary N) is 3. The van der Waals surface area contributed by atoms with E-state index in [0.717, 1.165) is 38.5 Å². The van der Waals surface area contributed by atoms with Gasteiger partial charge in [0.2, 0.25) is 11.8 Å². The molecule has 0 saturated carbocycles. The van der Waals surface area contributed by atoms with E-state index in [1.165, 1.54) is 7.11 Å². The second kappa shape index (κ2) is 14.7. The summed E-state index contributed by atoms with van der Waals surface area (Å²) in [6.07, 6.45) is 4.14. The molecule has 0 aliphatic carbocycles. The first-order valence-corrected chi connectivity index (χ1v) is 17.6. The molecule has 3 aromatic heterocycles. The van der Waals surface area contributed by atoms with Gasteiger partial charge in [-0.15, -0.1) is 0 Å². The predicted molar refractivity (Wildman–Crippen MR) is 208 cm³/mol. The first-order valence-electron chi connectivity index (χ1n) is 17.6. The highest BCUT2D eigenvalue weighted by molar-refractivity contribution is 6.02. The van der Waals surface area contributed by atoms with Crippen LogP contribution in [0, 0.1) is 11.8 Å². The minimum Gasteiger partial charge on any atom is -0.494 e. The Labute approximate surface area is 311 Å². The van der Waals surface area contributed by atoms with Crippen molar-refractivity contribution >= 4 is 45.2 Å². The molecular weight excluding hydrogens is 683 g/mol. The molecule has 4 heterocycles. The summed E-state index contributed by atoms with van der Waals surface area (Å²) in [6, 6.07) is 20.8. The zero-order valence-electron chi connectivity index (χ0n) is 30.6. The van der Waals surface area contributed by atoms with Crippen LogP contribution in [-0.4, -0.2) is 56.5 Å². The molecule has 0 spiro atoms. The maximum Gasteiger partial charge on any atom is 0.328 e. The third-order valence-corrected chi connectivity index (χ3v) is 9.68. The van der Waals surface area contributed by atoms with Gasteiger partial charge in [0.1, 0.15) is 6.04 Å². The highest BCUT2D eigenvalue weighted by Gasteiger charge is 2.26. The molecule has 1 atom stereocenters. The van der Waals surface area contributed by atoms with Crippen LogP contribution in [0.4, 0.5) is 5.69 Å². The minimum atomic E-state index is -0.497. The fourth-order valence-corrected chi connectivity index (χ4v) is 6.85. The summed E-state index contributed by atoms with van der Waals surface area (Å²) in [5, 5.41) is 10.2. The number of ether oxygens (including phenoxy) is 1. The molecule has 12 nitrogen and oxygen atoms in total. The maximum atomic E-state index is 13.1. The lowest BCUT2D eigenvalue weighted by atomic mass is 9.93. The average molecular weight is 722 g/mol. The summed E-state index contributed by atoms with van der Waals surface area (Å²) < 4.78 is 8.98. The number of nitrogens with zero attached hydrogens (tertiary/aromatic N) is 4. The lowest BCUT2D eigenvalue weighted by molar-refractivity contribution is -0.133. The van der Waals surface area contributed by atoms with Crippen molar-refractivity contribution in [2.75, 3.05) is 19.0 Å². The molecule has 1 saturated heterocycles. The highest BCUT2D eigenvalue weighted by Crippen LogP contribution is 2.36. The van der Waals surface area contributed by atoms with Gasteiger partial charge in [-0.25, -0.2) is 9.78 Å². The van der Waals surface area contributed by atoms with Gasteiger partial charge in [0, 0.05) is 55.1 Å². The number of anilines is 1. The van der Waals surface area contributed by atoms with Crippen molar-refractivity contribution in [1.29, 1.82) is 0 Å². The number of pyridine rings is 2. The van der Waals surface area contributed by atoms with Crippen LogP contribution in [0.25, 0.3) is 44.2 Å². The summed E-state index contributed by atoms with van der Waals surface area (Å²) >= 11 is 0. The van der Waals surface area contributed by atoms with E-state index in [1.54, 1.807) is 34.5 Å². The molecule has 3 amide bonds. The van der Waals surface area contributed by atoms with Crippen LogP contribution in [0.5, 0.6) is 5.75 Å². The van der Waals surface area contributed by atoms with Gasteiger partial charge < -0.3 is 15.4 Å². The lowest BCUT2D eigenvalue weighted by Gasteiger charge is -2.22. The monoisotopic (exact) mass is 721 g/mol. The number of benzene rings is 3. The number of methoxy groups -OCH3 is 1. The van der Waals surface area contributed by atoms with Gasteiger partial charge >= 0.3 is 5.69 Å². The molecule has 3 N–H and O–H groups in total. The van der Waals surface area contributed by atoms with E-state index in [1.807, 2.05) is 49.6 Å². The molecule has 1 aliphatic rings. The molecule has 0 radical (unpaired) electrons. The Kier molecular flexibility index (Phi) is 9.71. The van der Waals surface area contributed by atoms with Gasteiger partial charge in [-0.2, -0.15) is 0 Å². The fourth-order valence-electron chi connectivity index (χ4n) is 6.85. The summed E-state index contributed by atoms with van der Waals surface area (Å²) in [6.45, 7) is 4.33. The van der Waals surface area contributed by atoms with Gasteiger partial charge in [-0.05, 0) is 76.9 Å². The molecule has 1 aliphatic heterocycles. The van der Waals surface area contributed by atoms with E-state index in [0.29, 0.717) is 34.7 Å². The lowest BCUT2D eigenvalue weighted by Crippen LogP contribution is -2.47. The average Bonchev–Trinajstić information content (AvgIpc) is 3.39. The number of fused-ring (bicyclic) bond motifs is 2. The molecule has 7 rings (SSSR count). The number of carbonyl (C=O) groups excluding carboxylic acids is 3. The van der Waals surface area contributed by atoms with E-state index in [-0.39, 0.29) is 42.1 Å². The molecule has 1 fully saturated rings. The number of rotatable bonds is 8. The number of hydrogen-bond donors (Lipinski definition) is 3. The Balaban J connectivity index is 1.07. The van der Waals surface area contributed by atoms with Crippen LogP contribution in [0.15, 0.2) is 83.9 Å². The van der Waals surface area contributed by atoms with E-state index < -0.39 is 11.9 Å². The van der Waals surface area contributed by atoms with Crippen molar-refractivity contribution in [3.05, 3.63) is 106 Å². The molecule has 54 heavy (non-hydrogen) atoms. The zero-order valence-corrected chi connectivity index (χ0v) is 30.6. The third-order valence-electron chi connectivity index (χ3n) is 9.68. The summed E-state index contributed by atoms with van der Waals surface area (Å²) in [7, 11) is 5.10. The number of aromatic nitrogens is 4. The molecule has 3 aromatic carbocycles. The van der Waals surface area contributed by atoms with Gasteiger partial charge in [0.25, 0.3) is 5.91 Å². The van der Waals surface area contributed by atoms with Gasteiger partial charge in [-0.3, -0.25) is 33.8 Å². The van der Waals surface area contributed by atoms with E-state index in [2.05, 4.69) is 64.8 Å². The van der Waals surface area contributed by atoms with Crippen LogP contribution >= 0.6 is 0 Å². The Morgan fingerprint density at radius 3 is 2.57 bits per heavy atom. The standard InChI is InChI=1S/C42H39N7O5/c1-24(2)31-18-27(20-35-39(31)49(4)42(53)48(35)3)30-13-7-11-26-19-34(44-23-32(26)30)28-21-36(54-5)38(45-22-28)41(52)43-16-8-10-25-9-6-12-29(17-25)46-33-14-15-37(50)47-40(33)51/h6-7,9,11-13,17-24,33,46H,14-16H2,1-5H3,(H,43,52)(H,47,50,51). The Bertz CT molecular complexity index is 2610. The number of aryl methyl sites for hydroxylation is 2. The third kappa shape index (κ3) is 6.91. The molecule has 0 bridgehead atoms. The van der Waals surface area contributed by atoms with E-state index >= 15 is 0 Å². The fraction of sp³-hybridized carbons (Fsp3) is 0.238. The van der Waals surface area contributed by atoms with Crippen molar-refractivity contribution in [2.45, 2.75) is 38.6 Å². The smallest absolute Gasteiger partial charge is 0.328 e. The number of carbonyl (C=O) groups is 3. The summed E-state index contributed by atoms with van der Waals surface area (Å²) in [5.74, 6) is 5.42. The largest absolute Gasteiger partial charge is 0.494 e. The number of hydrogen-bond acceptors (Lipinski definition) is 8. The van der Waals surface area contributed by atoms with Crippen LogP contribution in [0.2, 0.25) is 0 Å². The van der Waals surface area contributed by atoms with Gasteiger partial charge in [0.05, 0.1) is 30.4 Å². The van der Waals surface area contributed by atoms with Crippen molar-refractivity contribution in [3.8, 4) is 40.0 Å². The Morgan fingerprint density at radius 1 is 0.981 bits per heavy atom. The SMILES string of the molecule is COc1cc(-c2cc3cccc(-c4cc(C(C)C)c5c(c4)n(C)c(=O)n5C)c3cn2)cnc1C(=O)NCC#Cc1cccc(NC2CCC(=O)NC2=O)c1. The number of piperidine rings is 1. The number of imide groups is 1. The van der Waals surface area contributed by atoms with Crippen molar-refractivity contribution in [2.24, 2.45) is 14.1 Å². The zero-order chi connectivity index (χ0) is 38.1. The molecule has 12 heteroatoms. The van der Waals surface area contributed by atoms with Crippen LogP contribution in [0.1, 0.15) is 54.2 Å². The molecule has 1 unspecified atom stereocenters. The Hall–Kier alpha value is -6.74. The number of amides is 3. The first kappa shape index (κ1) is 35.7. The molecule has 6 aromatic rings. The van der Waals surface area contributed by atoms with Gasteiger partial charge in [-0.1, -0.05) is 50.0 Å². The first-order chi connectivity index (χ1) is 26.0. The normalized spacial score (nSPS) is 14.1. The van der Waals surface area contributed by atoms with Crippen molar-refractivity contribution in [3.63, 3.8) is 0 Å². The maximum absolute atomic E-state index is 13.1. The predicted octanol–water partition coefficient (Wildman–Crippen LogP) is 5.28. The highest BCUT2D eigenvalue weighted by atomic mass is 16.5. The van der Waals surface area contributed by atoms with Crippen LogP contribution in [-0.2, 0) is 23.7 Å². The van der Waals surface area contributed by atoms with Gasteiger partial charge in [0.15, 0.2) is 11.4 Å². The second-order valence-electron chi connectivity index (χ2n) is 13.6. The summed E-state index contributed by atoms with van der Waals surface area (Å²) in [4.78, 5) is 58.7. The topological polar surface area (TPSA) is 149 Å².